The van der Waals surface area contributed by atoms with Gasteiger partial charge in [0.25, 0.3) is 0 Å². The molecule has 2 rings (SSSR count). The summed E-state index contributed by atoms with van der Waals surface area (Å²) in [6.45, 7) is 14.6. The Morgan fingerprint density at radius 3 is 2.26 bits per heavy atom. The number of anilines is 1. The molecule has 10 nitrogen and oxygen atoms in total. The van der Waals surface area contributed by atoms with Crippen molar-refractivity contribution in [2.45, 2.75) is 69.5 Å². The number of carbonyl (C=O) groups is 2. The van der Waals surface area contributed by atoms with Crippen LogP contribution in [0.5, 0.6) is 0 Å². The molecule has 0 aliphatic rings. The summed E-state index contributed by atoms with van der Waals surface area (Å²) in [4.78, 5) is 32.0. The molecule has 0 aliphatic heterocycles. The van der Waals surface area contributed by atoms with Crippen molar-refractivity contribution in [3.8, 4) is 0 Å². The van der Waals surface area contributed by atoms with Crippen LogP contribution < -0.4 is 44.4 Å². The first-order chi connectivity index (χ1) is 14.9. The molecule has 3 N–H and O–H groups in total. The first-order valence-corrected chi connectivity index (χ1v) is 15.4. The molecule has 1 atom stereocenters. The number of nitrogens with one attached hydrogen (secondary N) is 2. The van der Waals surface area contributed by atoms with Gasteiger partial charge in [-0.3, -0.25) is 4.98 Å². The fourth-order valence-electron chi connectivity index (χ4n) is 2.42. The van der Waals surface area contributed by atoms with Gasteiger partial charge in [0.2, 0.25) is 0 Å². The second-order valence-corrected chi connectivity index (χ2v) is 18.2. The van der Waals surface area contributed by atoms with Crippen molar-refractivity contribution < 1.29 is 53.6 Å². The van der Waals surface area contributed by atoms with Gasteiger partial charge in [-0.25, -0.2) is 18.4 Å². The smallest absolute Gasteiger partial charge is 0.543 e. The number of carboxylic acid groups (broad SMARTS) is 1. The Bertz CT molecular complexity index is 1190. The van der Waals surface area contributed by atoms with E-state index in [1.54, 1.807) is 13.8 Å². The Morgan fingerprint density at radius 2 is 1.79 bits per heavy atom. The third-order valence-corrected chi connectivity index (χ3v) is 15.4. The largest absolute Gasteiger partial charge is 1.00 e. The van der Waals surface area contributed by atoms with E-state index in [-0.39, 0.29) is 55.7 Å². The van der Waals surface area contributed by atoms with Crippen molar-refractivity contribution in [2.24, 2.45) is 4.36 Å². The van der Waals surface area contributed by atoms with Crippen LogP contribution in [0.1, 0.15) is 55.7 Å². The van der Waals surface area contributed by atoms with Crippen molar-refractivity contribution >= 4 is 47.2 Å². The van der Waals surface area contributed by atoms with E-state index in [0.29, 0.717) is 5.01 Å². The molecule has 2 aromatic heterocycles. The first kappa shape index (κ1) is 30.8. The minimum absolute atomic E-state index is 0. The summed E-state index contributed by atoms with van der Waals surface area (Å²) in [5.74, 6) is -1.48. The molecule has 0 aliphatic carbocycles. The predicted molar refractivity (Wildman–Crippen MR) is 129 cm³/mol. The molecule has 0 saturated heterocycles. The standard InChI is InChI=1S/C20H31N5O5S2Si.Na/c1-12-13(9-10-21-15(12)16(26)27)23-18(28)24-32(30,25-33(7,8)19(2,3)4)14-11-22-17(31-14)20(5,6)29;/h9-11,29H,1-8H3,(H,26,27)(H2,21,23,24,25,28,30);/q;+1/p-1. The van der Waals surface area contributed by atoms with E-state index >= 15 is 0 Å². The molecule has 0 radical (unpaired) electrons. The van der Waals surface area contributed by atoms with Crippen LogP contribution in [0.15, 0.2) is 27.0 Å². The zero-order valence-corrected chi connectivity index (χ0v) is 25.6. The number of hydrogen-bond donors (Lipinski definition) is 3. The summed E-state index contributed by atoms with van der Waals surface area (Å²) in [6, 6.07) is 0.486. The van der Waals surface area contributed by atoms with Crippen molar-refractivity contribution in [1.29, 1.82) is 0 Å². The Balaban J connectivity index is 0.00000578. The average molecular weight is 536 g/mol. The number of amides is 2. The van der Waals surface area contributed by atoms with Gasteiger partial charge in [0.05, 0.1) is 17.9 Å². The predicted octanol–water partition coefficient (Wildman–Crippen LogP) is 0.0102. The maximum Gasteiger partial charge on any atom is 1.00 e. The fraction of sp³-hybridized carbons (Fsp3) is 0.500. The second kappa shape index (κ2) is 10.8. The SMILES string of the molecule is Cc1c(NC(=O)N=S(=O)(N[Si](C)(C)C(C)(C)C)c2cnc(C(C)(C)O)s2)ccnc1C(=O)[O-].[Na+]. The van der Waals surface area contributed by atoms with Gasteiger partial charge in [0, 0.05) is 17.4 Å². The van der Waals surface area contributed by atoms with Crippen LogP contribution in [0.4, 0.5) is 10.5 Å². The van der Waals surface area contributed by atoms with Gasteiger partial charge in [-0.2, -0.15) is 0 Å². The van der Waals surface area contributed by atoms with Crippen molar-refractivity contribution in [1.82, 2.24) is 14.4 Å². The zero-order chi connectivity index (χ0) is 25.4. The molecule has 1 unspecified atom stereocenters. The third kappa shape index (κ3) is 7.16. The Labute approximate surface area is 227 Å². The fourth-order valence-corrected chi connectivity index (χ4v) is 9.39. The van der Waals surface area contributed by atoms with Gasteiger partial charge in [-0.05, 0) is 31.9 Å². The normalized spacial score (nSPS) is 14.0. The van der Waals surface area contributed by atoms with Crippen LogP contribution >= 0.6 is 11.3 Å². The molecule has 0 bridgehead atoms. The van der Waals surface area contributed by atoms with Crippen LogP contribution in [0.3, 0.4) is 0 Å². The first-order valence-electron chi connectivity index (χ1n) is 10.1. The minimum atomic E-state index is -3.48. The monoisotopic (exact) mass is 535 g/mol. The summed E-state index contributed by atoms with van der Waals surface area (Å²) < 4.78 is 21.5. The topological polar surface area (TPSA) is 157 Å². The van der Waals surface area contributed by atoms with Gasteiger partial charge in [-0.1, -0.05) is 33.9 Å². The number of carboxylic acids is 1. The number of hydrogen-bond acceptors (Lipinski definition) is 8. The number of aromatic nitrogens is 2. The molecule has 0 saturated carbocycles. The minimum Gasteiger partial charge on any atom is -0.543 e. The second-order valence-electron chi connectivity index (χ2n) is 9.69. The van der Waals surface area contributed by atoms with E-state index in [4.69, 9.17) is 0 Å². The maximum atomic E-state index is 14.1. The number of nitrogens with zero attached hydrogens (tertiary/aromatic N) is 3. The molecule has 182 valence electrons. The van der Waals surface area contributed by atoms with Crippen LogP contribution in [-0.2, 0) is 15.5 Å². The molecule has 2 amide bonds. The molecule has 0 fully saturated rings. The summed E-state index contributed by atoms with van der Waals surface area (Å²) in [6.07, 6.45) is 2.57. The van der Waals surface area contributed by atoms with Crippen LogP contribution in [0.2, 0.25) is 18.1 Å². The van der Waals surface area contributed by atoms with Gasteiger partial charge >= 0.3 is 35.6 Å². The van der Waals surface area contributed by atoms with Crippen molar-refractivity contribution in [3.63, 3.8) is 0 Å². The van der Waals surface area contributed by atoms with Crippen LogP contribution in [0, 0.1) is 6.92 Å². The summed E-state index contributed by atoms with van der Waals surface area (Å²) in [5, 5.41) is 24.1. The number of aliphatic hydroxyl groups is 1. The molecular weight excluding hydrogens is 505 g/mol. The van der Waals surface area contributed by atoms with Gasteiger partial charge in [0.15, 0.2) is 9.92 Å². The molecule has 14 heteroatoms. The quantitative estimate of drug-likeness (QED) is 0.440. The van der Waals surface area contributed by atoms with E-state index in [2.05, 4.69) is 24.0 Å². The van der Waals surface area contributed by atoms with Gasteiger partial charge < -0.3 is 20.3 Å². The van der Waals surface area contributed by atoms with Crippen LogP contribution in [0.25, 0.3) is 0 Å². The molecule has 2 aromatic rings. The zero-order valence-electron chi connectivity index (χ0n) is 21.0. The molecule has 34 heavy (non-hydrogen) atoms. The van der Waals surface area contributed by atoms with E-state index < -0.39 is 35.8 Å². The number of aromatic carboxylic acids is 1. The average Bonchev–Trinajstić information content (AvgIpc) is 3.13. The van der Waals surface area contributed by atoms with E-state index in [1.807, 2.05) is 33.9 Å². The molecule has 2 heterocycles. The number of rotatable bonds is 6. The Kier molecular flexibility index (Phi) is 9.82. The molecular formula is C20H30N5NaO5S2Si. The Morgan fingerprint density at radius 1 is 1.21 bits per heavy atom. The maximum absolute atomic E-state index is 14.1. The summed E-state index contributed by atoms with van der Waals surface area (Å²) in [7, 11) is -5.91. The van der Waals surface area contributed by atoms with E-state index in [0.717, 1.165) is 11.3 Å². The number of pyridine rings is 1. The Hall–Kier alpha value is -1.19. The molecule has 0 spiro atoms. The van der Waals surface area contributed by atoms with Crippen molar-refractivity contribution in [2.75, 3.05) is 5.32 Å². The molecule has 0 aromatic carbocycles. The number of carbonyl (C=O) groups excluding carboxylic acids is 2. The van der Waals surface area contributed by atoms with Gasteiger partial charge in [-0.15, -0.1) is 15.7 Å². The number of thiazole rings is 1. The van der Waals surface area contributed by atoms with E-state index in [1.165, 1.54) is 25.4 Å². The summed E-state index contributed by atoms with van der Waals surface area (Å²) >= 11 is 1.01. The third-order valence-electron chi connectivity index (χ3n) is 5.40. The number of urea groups is 1. The van der Waals surface area contributed by atoms with Crippen LogP contribution in [-0.4, -0.2) is 39.5 Å². The van der Waals surface area contributed by atoms with Crippen molar-refractivity contribution in [3.05, 3.63) is 34.7 Å². The van der Waals surface area contributed by atoms with E-state index in [9.17, 15) is 24.0 Å². The van der Waals surface area contributed by atoms with Gasteiger partial charge in [0.1, 0.15) is 23.1 Å². The summed E-state index contributed by atoms with van der Waals surface area (Å²) in [5.41, 5.74) is -1.22.